The summed E-state index contributed by atoms with van der Waals surface area (Å²) in [6.45, 7) is 0. The van der Waals surface area contributed by atoms with Crippen LogP contribution < -0.4 is 4.90 Å². The van der Waals surface area contributed by atoms with E-state index in [4.69, 9.17) is 0 Å². The minimum atomic E-state index is -0.385. The highest BCUT2D eigenvalue weighted by Crippen LogP contribution is 2.57. The van der Waals surface area contributed by atoms with Gasteiger partial charge in [-0.15, -0.1) is 0 Å². The van der Waals surface area contributed by atoms with Crippen molar-refractivity contribution in [3.05, 3.63) is 150 Å². The van der Waals surface area contributed by atoms with Gasteiger partial charge in [-0.2, -0.15) is 0 Å². The zero-order valence-corrected chi connectivity index (χ0v) is 19.6. The van der Waals surface area contributed by atoms with E-state index < -0.39 is 0 Å². The summed E-state index contributed by atoms with van der Waals surface area (Å²) >= 11 is 0. The summed E-state index contributed by atoms with van der Waals surface area (Å²) in [7, 11) is 4.23. The molecule has 6 rings (SSSR count). The van der Waals surface area contributed by atoms with Crippen LogP contribution in [0.25, 0.3) is 22.3 Å². The van der Waals surface area contributed by atoms with Crippen LogP contribution in [-0.2, 0) is 5.41 Å². The first-order chi connectivity index (χ1) is 16.7. The molecule has 0 bridgehead atoms. The number of fused-ring (bicyclic) bond motifs is 3. The zero-order chi connectivity index (χ0) is 23.1. The van der Waals surface area contributed by atoms with Gasteiger partial charge in [-0.05, 0) is 62.7 Å². The summed E-state index contributed by atoms with van der Waals surface area (Å²) in [5.74, 6) is 0. The number of hydrogen-bond donors (Lipinski definition) is 0. The van der Waals surface area contributed by atoms with Gasteiger partial charge in [0.05, 0.1) is 5.41 Å². The molecule has 0 fully saturated rings. The number of hydrogen-bond acceptors (Lipinski definition) is 1. The second-order valence-electron chi connectivity index (χ2n) is 9.23. The topological polar surface area (TPSA) is 3.24 Å². The van der Waals surface area contributed by atoms with Gasteiger partial charge in [0.1, 0.15) is 0 Å². The molecule has 5 aromatic carbocycles. The smallest absolute Gasteiger partial charge is 0.0714 e. The van der Waals surface area contributed by atoms with Crippen molar-refractivity contribution in [1.82, 2.24) is 0 Å². The van der Waals surface area contributed by atoms with Crippen molar-refractivity contribution in [2.45, 2.75) is 5.41 Å². The van der Waals surface area contributed by atoms with E-state index in [2.05, 4.69) is 146 Å². The van der Waals surface area contributed by atoms with Crippen LogP contribution in [-0.4, -0.2) is 14.1 Å². The molecule has 0 aromatic heterocycles. The van der Waals surface area contributed by atoms with Crippen LogP contribution in [0.2, 0.25) is 0 Å². The largest absolute Gasteiger partial charge is 0.378 e. The molecule has 164 valence electrons. The zero-order valence-electron chi connectivity index (χ0n) is 19.6. The van der Waals surface area contributed by atoms with Crippen LogP contribution in [0.5, 0.6) is 0 Å². The highest BCUT2D eigenvalue weighted by atomic mass is 15.1. The lowest BCUT2D eigenvalue weighted by Gasteiger charge is -2.34. The van der Waals surface area contributed by atoms with Crippen LogP contribution in [0.15, 0.2) is 127 Å². The Morgan fingerprint density at radius 3 is 1.53 bits per heavy atom. The Balaban J connectivity index is 1.75. The van der Waals surface area contributed by atoms with E-state index in [1.54, 1.807) is 0 Å². The van der Waals surface area contributed by atoms with Gasteiger partial charge in [-0.25, -0.2) is 0 Å². The van der Waals surface area contributed by atoms with Gasteiger partial charge in [-0.1, -0.05) is 109 Å². The molecule has 0 spiro atoms. The highest BCUT2D eigenvalue weighted by Gasteiger charge is 2.46. The lowest BCUT2D eigenvalue weighted by molar-refractivity contribution is 0.768. The molecule has 0 amide bonds. The molecule has 0 saturated heterocycles. The number of benzene rings is 5. The standard InChI is InChI=1S/C33H27N/c1-34(2)28-19-21-30-29-20-18-25(24-12-6-3-7-13-24)22-31(29)33(32(30)23-28,26-14-8-4-9-15-26)27-16-10-5-11-17-27/h3-23H,1-2H3. The van der Waals surface area contributed by atoms with Gasteiger partial charge in [0.2, 0.25) is 0 Å². The first-order valence-corrected chi connectivity index (χ1v) is 11.8. The second-order valence-corrected chi connectivity index (χ2v) is 9.23. The summed E-state index contributed by atoms with van der Waals surface area (Å²) in [5, 5.41) is 0. The lowest BCUT2D eigenvalue weighted by atomic mass is 9.67. The summed E-state index contributed by atoms with van der Waals surface area (Å²) in [6.07, 6.45) is 0. The van der Waals surface area contributed by atoms with Crippen molar-refractivity contribution >= 4 is 5.69 Å². The highest BCUT2D eigenvalue weighted by molar-refractivity contribution is 5.89. The summed E-state index contributed by atoms with van der Waals surface area (Å²) < 4.78 is 0. The SMILES string of the molecule is CN(C)c1ccc2c(c1)C(c1ccccc1)(c1ccccc1)c1cc(-c3ccccc3)ccc1-2. The van der Waals surface area contributed by atoms with Gasteiger partial charge in [0, 0.05) is 19.8 Å². The Morgan fingerprint density at radius 2 is 0.971 bits per heavy atom. The van der Waals surface area contributed by atoms with E-state index >= 15 is 0 Å². The summed E-state index contributed by atoms with van der Waals surface area (Å²) in [5.41, 5.74) is 11.2. The average molecular weight is 438 g/mol. The maximum atomic E-state index is 2.42. The van der Waals surface area contributed by atoms with Crippen molar-refractivity contribution in [1.29, 1.82) is 0 Å². The lowest BCUT2D eigenvalue weighted by Crippen LogP contribution is -2.28. The fraction of sp³-hybridized carbons (Fsp3) is 0.0909. The van der Waals surface area contributed by atoms with E-state index in [0.29, 0.717) is 0 Å². The number of anilines is 1. The van der Waals surface area contributed by atoms with Crippen LogP contribution in [0, 0.1) is 0 Å². The Bertz CT molecular complexity index is 1410. The third kappa shape index (κ3) is 3.01. The molecule has 34 heavy (non-hydrogen) atoms. The van der Waals surface area contributed by atoms with Gasteiger partial charge in [0.15, 0.2) is 0 Å². The van der Waals surface area contributed by atoms with E-state index in [9.17, 15) is 0 Å². The molecule has 1 heteroatoms. The Labute approximate surface area is 202 Å². The van der Waals surface area contributed by atoms with Crippen LogP contribution in [0.1, 0.15) is 22.3 Å². The molecule has 1 nitrogen and oxygen atoms in total. The first kappa shape index (κ1) is 20.5. The van der Waals surface area contributed by atoms with Gasteiger partial charge >= 0.3 is 0 Å². The minimum absolute atomic E-state index is 0.385. The molecule has 0 radical (unpaired) electrons. The molecule has 0 heterocycles. The monoisotopic (exact) mass is 437 g/mol. The first-order valence-electron chi connectivity index (χ1n) is 11.8. The van der Waals surface area contributed by atoms with Crippen LogP contribution in [0.3, 0.4) is 0 Å². The van der Waals surface area contributed by atoms with Crippen molar-refractivity contribution in [3.63, 3.8) is 0 Å². The van der Waals surface area contributed by atoms with Crippen molar-refractivity contribution < 1.29 is 0 Å². The van der Waals surface area contributed by atoms with Crippen LogP contribution >= 0.6 is 0 Å². The predicted molar refractivity (Wildman–Crippen MR) is 144 cm³/mol. The molecule has 0 unspecified atom stereocenters. The van der Waals surface area contributed by atoms with E-state index in [-0.39, 0.29) is 5.41 Å². The third-order valence-electron chi connectivity index (χ3n) is 7.16. The fourth-order valence-corrected chi connectivity index (χ4v) is 5.57. The molecule has 0 aliphatic heterocycles. The van der Waals surface area contributed by atoms with Gasteiger partial charge in [0.25, 0.3) is 0 Å². The molecule has 1 aliphatic carbocycles. The maximum absolute atomic E-state index is 2.42. The molecule has 1 aliphatic rings. The molecular formula is C33H27N. The number of rotatable bonds is 4. The minimum Gasteiger partial charge on any atom is -0.378 e. The van der Waals surface area contributed by atoms with E-state index in [1.807, 2.05) is 0 Å². The quantitative estimate of drug-likeness (QED) is 0.272. The molecule has 0 atom stereocenters. The second kappa shape index (κ2) is 8.04. The fourth-order valence-electron chi connectivity index (χ4n) is 5.57. The predicted octanol–water partition coefficient (Wildman–Crippen LogP) is 7.78. The van der Waals surface area contributed by atoms with Gasteiger partial charge in [-0.3, -0.25) is 0 Å². The Kier molecular flexibility index (Phi) is 4.85. The van der Waals surface area contributed by atoms with Crippen molar-refractivity contribution in [3.8, 4) is 22.3 Å². The maximum Gasteiger partial charge on any atom is 0.0714 e. The normalized spacial score (nSPS) is 13.2. The summed E-state index contributed by atoms with van der Waals surface area (Å²) in [4.78, 5) is 2.19. The molecular weight excluding hydrogens is 410 g/mol. The molecule has 0 saturated carbocycles. The van der Waals surface area contributed by atoms with E-state index in [0.717, 1.165) is 0 Å². The third-order valence-corrected chi connectivity index (χ3v) is 7.16. The number of nitrogens with zero attached hydrogens (tertiary/aromatic N) is 1. The molecule has 5 aromatic rings. The Hall–Kier alpha value is -4.10. The van der Waals surface area contributed by atoms with Crippen molar-refractivity contribution in [2.75, 3.05) is 19.0 Å². The molecule has 0 N–H and O–H groups in total. The van der Waals surface area contributed by atoms with E-state index in [1.165, 1.54) is 50.2 Å². The van der Waals surface area contributed by atoms with Crippen molar-refractivity contribution in [2.24, 2.45) is 0 Å². The van der Waals surface area contributed by atoms with Gasteiger partial charge < -0.3 is 4.90 Å². The summed E-state index contributed by atoms with van der Waals surface area (Å²) in [6, 6.07) is 46.6. The Morgan fingerprint density at radius 1 is 0.471 bits per heavy atom. The average Bonchev–Trinajstić information content (AvgIpc) is 3.20. The van der Waals surface area contributed by atoms with Crippen LogP contribution in [0.4, 0.5) is 5.69 Å².